The van der Waals surface area contributed by atoms with E-state index in [0.29, 0.717) is 5.95 Å². The van der Waals surface area contributed by atoms with Crippen molar-refractivity contribution in [2.24, 2.45) is 0 Å². The van der Waals surface area contributed by atoms with E-state index in [1.165, 1.54) is 10.5 Å². The maximum Gasteiger partial charge on any atom is 0.223 e. The van der Waals surface area contributed by atoms with Crippen LogP contribution in [0.3, 0.4) is 0 Å². The van der Waals surface area contributed by atoms with Gasteiger partial charge in [-0.3, -0.25) is 0 Å². The third-order valence-corrected chi connectivity index (χ3v) is 3.74. The van der Waals surface area contributed by atoms with Crippen molar-refractivity contribution in [2.45, 2.75) is 36.1 Å². The molecule has 0 aliphatic carbocycles. The molecule has 2 rings (SSSR count). The van der Waals surface area contributed by atoms with Gasteiger partial charge in [-0.1, -0.05) is 44.7 Å². The Labute approximate surface area is 118 Å². The molecule has 0 aliphatic heterocycles. The van der Waals surface area contributed by atoms with Gasteiger partial charge in [0.05, 0.1) is 0 Å². The molecule has 2 aromatic rings. The Balaban J connectivity index is 2.15. The van der Waals surface area contributed by atoms with Crippen LogP contribution in [0.4, 0.5) is 5.95 Å². The van der Waals surface area contributed by atoms with Crippen LogP contribution in [0.15, 0.2) is 46.5 Å². The Kier molecular flexibility index (Phi) is 4.10. The predicted octanol–water partition coefficient (Wildman–Crippen LogP) is 3.97. The molecule has 1 N–H and O–H groups in total. The first-order valence-electron chi connectivity index (χ1n) is 6.28. The highest BCUT2D eigenvalue weighted by Crippen LogP contribution is 2.29. The summed E-state index contributed by atoms with van der Waals surface area (Å²) in [4.78, 5) is 9.70. The second-order valence-corrected chi connectivity index (χ2v) is 6.44. The number of hydrogen-bond donors (Lipinski definition) is 1. The Bertz CT molecular complexity index is 544. The molecule has 0 radical (unpaired) electrons. The van der Waals surface area contributed by atoms with Crippen LogP contribution in [0.5, 0.6) is 0 Å². The third-order valence-electron chi connectivity index (χ3n) is 2.80. The van der Waals surface area contributed by atoms with Gasteiger partial charge in [-0.25, -0.2) is 9.97 Å². The Morgan fingerprint density at radius 2 is 1.74 bits per heavy atom. The van der Waals surface area contributed by atoms with Crippen LogP contribution < -0.4 is 5.32 Å². The standard InChI is InChI=1S/C15H19N3S/c1-15(2,3)11-5-7-12(8-6-11)19-13-9-10-17-14(16-4)18-13/h5-10H,1-4H3,(H,16,17,18). The van der Waals surface area contributed by atoms with Crippen LogP contribution in [0, 0.1) is 0 Å². The molecule has 1 aromatic heterocycles. The summed E-state index contributed by atoms with van der Waals surface area (Å²) in [6, 6.07) is 10.6. The van der Waals surface area contributed by atoms with Crippen LogP contribution in [0.25, 0.3) is 0 Å². The molecular weight excluding hydrogens is 254 g/mol. The fourth-order valence-electron chi connectivity index (χ4n) is 1.66. The Morgan fingerprint density at radius 1 is 1.05 bits per heavy atom. The molecule has 4 heteroatoms. The summed E-state index contributed by atoms with van der Waals surface area (Å²) in [7, 11) is 1.82. The fourth-order valence-corrected chi connectivity index (χ4v) is 2.44. The number of aromatic nitrogens is 2. The van der Waals surface area contributed by atoms with Crippen LogP contribution in [0.2, 0.25) is 0 Å². The molecule has 19 heavy (non-hydrogen) atoms. The molecule has 100 valence electrons. The highest BCUT2D eigenvalue weighted by Gasteiger charge is 2.13. The number of hydrogen-bond acceptors (Lipinski definition) is 4. The Morgan fingerprint density at radius 3 is 2.32 bits per heavy atom. The summed E-state index contributed by atoms with van der Waals surface area (Å²) in [6.45, 7) is 6.66. The van der Waals surface area contributed by atoms with Crippen molar-refractivity contribution in [1.29, 1.82) is 0 Å². The van der Waals surface area contributed by atoms with Gasteiger partial charge in [0.1, 0.15) is 5.03 Å². The molecule has 0 saturated heterocycles. The topological polar surface area (TPSA) is 37.8 Å². The lowest BCUT2D eigenvalue weighted by molar-refractivity contribution is 0.590. The van der Waals surface area contributed by atoms with Gasteiger partial charge in [0.25, 0.3) is 0 Å². The number of nitrogens with zero attached hydrogens (tertiary/aromatic N) is 2. The number of benzene rings is 1. The molecule has 0 fully saturated rings. The third kappa shape index (κ3) is 3.70. The summed E-state index contributed by atoms with van der Waals surface area (Å²) in [5.41, 5.74) is 1.53. The molecular formula is C15H19N3S. The smallest absolute Gasteiger partial charge is 0.223 e. The quantitative estimate of drug-likeness (QED) is 0.859. The van der Waals surface area contributed by atoms with E-state index in [9.17, 15) is 0 Å². The average molecular weight is 273 g/mol. The minimum atomic E-state index is 0.192. The normalized spacial score (nSPS) is 11.4. The van der Waals surface area contributed by atoms with Crippen molar-refractivity contribution in [3.05, 3.63) is 42.1 Å². The maximum absolute atomic E-state index is 4.40. The van der Waals surface area contributed by atoms with Gasteiger partial charge in [0.2, 0.25) is 5.95 Å². The average Bonchev–Trinajstić information content (AvgIpc) is 2.38. The van der Waals surface area contributed by atoms with E-state index in [1.54, 1.807) is 18.0 Å². The zero-order valence-corrected chi connectivity index (χ0v) is 12.6. The van der Waals surface area contributed by atoms with E-state index in [1.807, 2.05) is 13.1 Å². The zero-order valence-electron chi connectivity index (χ0n) is 11.8. The van der Waals surface area contributed by atoms with E-state index in [-0.39, 0.29) is 5.41 Å². The van der Waals surface area contributed by atoms with Gasteiger partial charge in [0.15, 0.2) is 0 Å². The van der Waals surface area contributed by atoms with E-state index >= 15 is 0 Å². The number of rotatable bonds is 3. The molecule has 3 nitrogen and oxygen atoms in total. The summed E-state index contributed by atoms with van der Waals surface area (Å²) >= 11 is 1.65. The van der Waals surface area contributed by atoms with E-state index in [4.69, 9.17) is 0 Å². The van der Waals surface area contributed by atoms with Crippen molar-refractivity contribution in [3.8, 4) is 0 Å². The predicted molar refractivity (Wildman–Crippen MR) is 80.8 cm³/mol. The van der Waals surface area contributed by atoms with E-state index < -0.39 is 0 Å². The monoisotopic (exact) mass is 273 g/mol. The zero-order chi connectivity index (χ0) is 13.9. The fraction of sp³-hybridized carbons (Fsp3) is 0.333. The largest absolute Gasteiger partial charge is 0.357 e. The molecule has 0 amide bonds. The second kappa shape index (κ2) is 5.61. The molecule has 0 aliphatic rings. The lowest BCUT2D eigenvalue weighted by Crippen LogP contribution is -2.10. The molecule has 1 heterocycles. The van der Waals surface area contributed by atoms with E-state index in [2.05, 4.69) is 60.3 Å². The van der Waals surface area contributed by atoms with Gasteiger partial charge in [-0.2, -0.15) is 0 Å². The van der Waals surface area contributed by atoms with Gasteiger partial charge in [-0.05, 0) is 29.2 Å². The maximum atomic E-state index is 4.40. The van der Waals surface area contributed by atoms with Crippen LogP contribution in [0.1, 0.15) is 26.3 Å². The van der Waals surface area contributed by atoms with Gasteiger partial charge >= 0.3 is 0 Å². The van der Waals surface area contributed by atoms with Gasteiger partial charge in [0, 0.05) is 18.1 Å². The second-order valence-electron chi connectivity index (χ2n) is 5.34. The van der Waals surface area contributed by atoms with Crippen molar-refractivity contribution in [2.75, 3.05) is 12.4 Å². The van der Waals surface area contributed by atoms with Gasteiger partial charge < -0.3 is 5.32 Å². The van der Waals surface area contributed by atoms with Crippen molar-refractivity contribution in [3.63, 3.8) is 0 Å². The molecule has 0 unspecified atom stereocenters. The first-order chi connectivity index (χ1) is 8.99. The first kappa shape index (κ1) is 13.9. The highest BCUT2D eigenvalue weighted by atomic mass is 32.2. The summed E-state index contributed by atoms with van der Waals surface area (Å²) < 4.78 is 0. The molecule has 0 saturated carbocycles. The molecule has 1 aromatic carbocycles. The molecule has 0 spiro atoms. The van der Waals surface area contributed by atoms with Crippen LogP contribution >= 0.6 is 11.8 Å². The van der Waals surface area contributed by atoms with Crippen molar-refractivity contribution in [1.82, 2.24) is 9.97 Å². The minimum absolute atomic E-state index is 0.192. The molecule has 0 bridgehead atoms. The Hall–Kier alpha value is -1.55. The number of nitrogens with one attached hydrogen (secondary N) is 1. The summed E-state index contributed by atoms with van der Waals surface area (Å²) in [5.74, 6) is 0.649. The van der Waals surface area contributed by atoms with Gasteiger partial charge in [-0.15, -0.1) is 0 Å². The van der Waals surface area contributed by atoms with Crippen LogP contribution in [-0.4, -0.2) is 17.0 Å². The van der Waals surface area contributed by atoms with Crippen molar-refractivity contribution < 1.29 is 0 Å². The minimum Gasteiger partial charge on any atom is -0.357 e. The number of anilines is 1. The molecule has 0 atom stereocenters. The lowest BCUT2D eigenvalue weighted by Gasteiger charge is -2.18. The highest BCUT2D eigenvalue weighted by molar-refractivity contribution is 7.99. The van der Waals surface area contributed by atoms with Crippen molar-refractivity contribution >= 4 is 17.7 Å². The van der Waals surface area contributed by atoms with Crippen LogP contribution in [-0.2, 0) is 5.41 Å². The van der Waals surface area contributed by atoms with E-state index in [0.717, 1.165) is 5.03 Å². The first-order valence-corrected chi connectivity index (χ1v) is 7.10. The summed E-state index contributed by atoms with van der Waals surface area (Å²) in [6.07, 6.45) is 1.77. The summed E-state index contributed by atoms with van der Waals surface area (Å²) in [5, 5.41) is 3.89. The lowest BCUT2D eigenvalue weighted by atomic mass is 9.87. The SMILES string of the molecule is CNc1nccc(Sc2ccc(C(C)(C)C)cc2)n1.